The molecule has 0 aliphatic heterocycles. The van der Waals surface area contributed by atoms with E-state index < -0.39 is 4.92 Å². The Morgan fingerprint density at radius 3 is 2.53 bits per heavy atom. The highest BCUT2D eigenvalue weighted by atomic mass is 16.6. The molecule has 0 radical (unpaired) electrons. The standard InChI is InChI=1S/C12H12N2O3/c15-14(16)12-7-6-11(17-12)9-13-8-10-4-2-1-3-5-10/h1-7,13H,8-9H2. The van der Waals surface area contributed by atoms with Gasteiger partial charge in [-0.25, -0.2) is 0 Å². The minimum Gasteiger partial charge on any atom is -0.404 e. The van der Waals surface area contributed by atoms with Gasteiger partial charge in [-0.15, -0.1) is 0 Å². The van der Waals surface area contributed by atoms with Gasteiger partial charge in [0.1, 0.15) is 10.7 Å². The monoisotopic (exact) mass is 232 g/mol. The predicted molar refractivity (Wildman–Crippen MR) is 62.3 cm³/mol. The Hall–Kier alpha value is -2.14. The normalized spacial score (nSPS) is 10.4. The molecule has 88 valence electrons. The van der Waals surface area contributed by atoms with Gasteiger partial charge in [-0.05, 0) is 11.6 Å². The van der Waals surface area contributed by atoms with E-state index in [-0.39, 0.29) is 5.88 Å². The Morgan fingerprint density at radius 1 is 1.12 bits per heavy atom. The van der Waals surface area contributed by atoms with Crippen molar-refractivity contribution in [2.45, 2.75) is 13.1 Å². The minimum atomic E-state index is -0.541. The zero-order chi connectivity index (χ0) is 12.1. The molecule has 0 amide bonds. The van der Waals surface area contributed by atoms with E-state index in [0.29, 0.717) is 18.8 Å². The van der Waals surface area contributed by atoms with E-state index in [2.05, 4.69) is 5.32 Å². The fourth-order valence-corrected chi connectivity index (χ4v) is 1.49. The van der Waals surface area contributed by atoms with Gasteiger partial charge in [0.25, 0.3) is 0 Å². The van der Waals surface area contributed by atoms with Crippen LogP contribution in [0.3, 0.4) is 0 Å². The van der Waals surface area contributed by atoms with Crippen LogP contribution in [-0.2, 0) is 13.1 Å². The fraction of sp³-hybridized carbons (Fsp3) is 0.167. The third kappa shape index (κ3) is 3.15. The summed E-state index contributed by atoms with van der Waals surface area (Å²) in [4.78, 5) is 9.86. The van der Waals surface area contributed by atoms with Crippen LogP contribution >= 0.6 is 0 Å². The van der Waals surface area contributed by atoms with Crippen LogP contribution in [0.15, 0.2) is 46.9 Å². The Balaban J connectivity index is 1.84. The number of furan rings is 1. The molecule has 0 saturated heterocycles. The van der Waals surface area contributed by atoms with Crippen molar-refractivity contribution in [3.05, 3.63) is 63.9 Å². The molecule has 2 aromatic rings. The van der Waals surface area contributed by atoms with Gasteiger partial charge in [-0.1, -0.05) is 30.3 Å². The molecule has 0 aliphatic rings. The Labute approximate surface area is 98.2 Å². The van der Waals surface area contributed by atoms with E-state index in [1.807, 2.05) is 30.3 Å². The van der Waals surface area contributed by atoms with Gasteiger partial charge >= 0.3 is 5.88 Å². The van der Waals surface area contributed by atoms with Gasteiger partial charge in [0, 0.05) is 6.54 Å². The molecule has 1 N–H and O–H groups in total. The summed E-state index contributed by atoms with van der Waals surface area (Å²) in [6, 6.07) is 12.9. The molecular weight excluding hydrogens is 220 g/mol. The van der Waals surface area contributed by atoms with Crippen molar-refractivity contribution in [2.75, 3.05) is 0 Å². The van der Waals surface area contributed by atoms with Gasteiger partial charge in [-0.3, -0.25) is 10.1 Å². The van der Waals surface area contributed by atoms with Gasteiger partial charge in [-0.2, -0.15) is 0 Å². The number of hydrogen-bond donors (Lipinski definition) is 1. The lowest BCUT2D eigenvalue weighted by atomic mass is 10.2. The molecule has 0 bridgehead atoms. The van der Waals surface area contributed by atoms with Crippen molar-refractivity contribution in [1.29, 1.82) is 0 Å². The average molecular weight is 232 g/mol. The van der Waals surface area contributed by atoms with Crippen molar-refractivity contribution in [1.82, 2.24) is 5.32 Å². The number of rotatable bonds is 5. The number of hydrogen-bond acceptors (Lipinski definition) is 4. The zero-order valence-electron chi connectivity index (χ0n) is 9.13. The molecule has 0 aliphatic carbocycles. The molecule has 17 heavy (non-hydrogen) atoms. The highest BCUT2D eigenvalue weighted by Crippen LogP contribution is 2.15. The smallest absolute Gasteiger partial charge is 0.404 e. The maximum Gasteiger partial charge on any atom is 0.433 e. The van der Waals surface area contributed by atoms with Crippen LogP contribution in [0.1, 0.15) is 11.3 Å². The Kier molecular flexibility index (Phi) is 3.52. The summed E-state index contributed by atoms with van der Waals surface area (Å²) in [6.07, 6.45) is 0. The molecule has 0 unspecified atom stereocenters. The van der Waals surface area contributed by atoms with Crippen LogP contribution in [0.4, 0.5) is 5.88 Å². The minimum absolute atomic E-state index is 0.221. The van der Waals surface area contributed by atoms with E-state index in [1.54, 1.807) is 6.07 Å². The second-order valence-electron chi connectivity index (χ2n) is 3.59. The summed E-state index contributed by atoms with van der Waals surface area (Å²) in [6.45, 7) is 1.18. The van der Waals surface area contributed by atoms with Crippen molar-refractivity contribution in [2.24, 2.45) is 0 Å². The quantitative estimate of drug-likeness (QED) is 0.635. The molecule has 0 spiro atoms. The lowest BCUT2D eigenvalue weighted by Crippen LogP contribution is -2.11. The third-order valence-corrected chi connectivity index (χ3v) is 2.30. The van der Waals surface area contributed by atoms with E-state index in [0.717, 1.165) is 5.56 Å². The molecule has 0 saturated carbocycles. The predicted octanol–water partition coefficient (Wildman–Crippen LogP) is 2.48. The fourth-order valence-electron chi connectivity index (χ4n) is 1.49. The second kappa shape index (κ2) is 5.27. The molecule has 1 heterocycles. The molecular formula is C12H12N2O3. The van der Waals surface area contributed by atoms with Crippen LogP contribution in [0, 0.1) is 10.1 Å². The first-order chi connectivity index (χ1) is 8.25. The topological polar surface area (TPSA) is 68.3 Å². The van der Waals surface area contributed by atoms with E-state index in [4.69, 9.17) is 4.42 Å². The van der Waals surface area contributed by atoms with E-state index in [9.17, 15) is 10.1 Å². The summed E-state index contributed by atoms with van der Waals surface area (Å²) in [5, 5.41) is 13.6. The molecule has 0 atom stereocenters. The summed E-state index contributed by atoms with van der Waals surface area (Å²) in [5.74, 6) is 0.342. The molecule has 1 aromatic carbocycles. The highest BCUT2D eigenvalue weighted by Gasteiger charge is 2.10. The largest absolute Gasteiger partial charge is 0.433 e. The number of nitrogens with zero attached hydrogens (tertiary/aromatic N) is 1. The van der Waals surface area contributed by atoms with E-state index >= 15 is 0 Å². The second-order valence-corrected chi connectivity index (χ2v) is 3.59. The molecule has 5 nitrogen and oxygen atoms in total. The lowest BCUT2D eigenvalue weighted by molar-refractivity contribution is -0.402. The Morgan fingerprint density at radius 2 is 1.88 bits per heavy atom. The van der Waals surface area contributed by atoms with Crippen molar-refractivity contribution >= 4 is 5.88 Å². The van der Waals surface area contributed by atoms with Gasteiger partial charge < -0.3 is 9.73 Å². The Bertz CT molecular complexity index is 493. The van der Waals surface area contributed by atoms with Gasteiger partial charge in [0.05, 0.1) is 12.6 Å². The number of nitro groups is 1. The summed E-state index contributed by atoms with van der Waals surface area (Å²) < 4.78 is 5.02. The maximum atomic E-state index is 10.4. The van der Waals surface area contributed by atoms with Crippen LogP contribution in [0.2, 0.25) is 0 Å². The molecule has 5 heteroatoms. The molecule has 1 aromatic heterocycles. The third-order valence-electron chi connectivity index (χ3n) is 2.30. The lowest BCUT2D eigenvalue weighted by Gasteiger charge is -2.01. The average Bonchev–Trinajstić information content (AvgIpc) is 2.79. The summed E-state index contributed by atoms with van der Waals surface area (Å²) >= 11 is 0. The number of nitrogens with one attached hydrogen (secondary N) is 1. The first-order valence-electron chi connectivity index (χ1n) is 5.23. The SMILES string of the molecule is O=[N+]([O-])c1ccc(CNCc2ccccc2)o1. The van der Waals surface area contributed by atoms with Gasteiger partial charge in [0.2, 0.25) is 0 Å². The highest BCUT2D eigenvalue weighted by molar-refractivity contribution is 5.18. The van der Waals surface area contributed by atoms with Crippen molar-refractivity contribution < 1.29 is 9.34 Å². The van der Waals surface area contributed by atoms with Crippen LogP contribution < -0.4 is 5.32 Å². The maximum absolute atomic E-state index is 10.4. The van der Waals surface area contributed by atoms with Crippen LogP contribution in [0.25, 0.3) is 0 Å². The summed E-state index contributed by atoms with van der Waals surface area (Å²) in [5.41, 5.74) is 1.16. The first-order valence-corrected chi connectivity index (χ1v) is 5.23. The number of benzene rings is 1. The summed E-state index contributed by atoms with van der Waals surface area (Å²) in [7, 11) is 0. The van der Waals surface area contributed by atoms with Crippen LogP contribution in [0.5, 0.6) is 0 Å². The van der Waals surface area contributed by atoms with Gasteiger partial charge in [0.15, 0.2) is 0 Å². The van der Waals surface area contributed by atoms with Crippen molar-refractivity contribution in [3.8, 4) is 0 Å². The molecule has 0 fully saturated rings. The molecule has 2 rings (SSSR count). The first kappa shape index (κ1) is 11.3. The van der Waals surface area contributed by atoms with Crippen molar-refractivity contribution in [3.63, 3.8) is 0 Å². The van der Waals surface area contributed by atoms with Crippen LogP contribution in [-0.4, -0.2) is 4.92 Å². The van der Waals surface area contributed by atoms with E-state index in [1.165, 1.54) is 6.07 Å². The zero-order valence-corrected chi connectivity index (χ0v) is 9.13.